The minimum atomic E-state index is -3.10. The molecule has 6 nitrogen and oxygen atoms in total. The molecule has 25 heavy (non-hydrogen) atoms. The third-order valence-corrected chi connectivity index (χ3v) is 8.12. The Morgan fingerprint density at radius 2 is 2.12 bits per heavy atom. The SMILES string of the molecule is O=C(N=C1S[C@@H]2CS(=O)(=O)C[C@@H]2N1c1ccccc1Cl)[C@@H]1CCCO1. The van der Waals surface area contributed by atoms with Crippen molar-refractivity contribution in [2.45, 2.75) is 30.2 Å². The Morgan fingerprint density at radius 1 is 1.32 bits per heavy atom. The van der Waals surface area contributed by atoms with Crippen LogP contribution >= 0.6 is 23.4 Å². The first-order valence-electron chi connectivity index (χ1n) is 8.09. The van der Waals surface area contributed by atoms with E-state index in [2.05, 4.69) is 4.99 Å². The summed E-state index contributed by atoms with van der Waals surface area (Å²) in [5, 5.41) is 0.876. The molecule has 3 aliphatic heterocycles. The maximum Gasteiger partial charge on any atom is 0.277 e. The third-order valence-electron chi connectivity index (χ3n) is 4.59. The molecule has 1 aromatic carbocycles. The lowest BCUT2D eigenvalue weighted by molar-refractivity contribution is -0.126. The molecule has 0 aromatic heterocycles. The van der Waals surface area contributed by atoms with E-state index >= 15 is 0 Å². The van der Waals surface area contributed by atoms with Gasteiger partial charge in [0, 0.05) is 11.9 Å². The number of anilines is 1. The number of amides is 1. The Hall–Kier alpha value is -1.09. The highest BCUT2D eigenvalue weighted by Gasteiger charge is 2.50. The van der Waals surface area contributed by atoms with Crippen LogP contribution in [-0.2, 0) is 19.4 Å². The second kappa shape index (κ2) is 6.57. The highest BCUT2D eigenvalue weighted by atomic mass is 35.5. The molecule has 0 saturated carbocycles. The molecule has 3 aliphatic rings. The van der Waals surface area contributed by atoms with Gasteiger partial charge in [-0.05, 0) is 25.0 Å². The van der Waals surface area contributed by atoms with Crippen molar-refractivity contribution in [3.8, 4) is 0 Å². The van der Waals surface area contributed by atoms with E-state index in [1.807, 2.05) is 23.1 Å². The van der Waals surface area contributed by atoms with Crippen molar-refractivity contribution in [3.05, 3.63) is 29.3 Å². The fourth-order valence-corrected chi connectivity index (χ4v) is 7.57. The maximum atomic E-state index is 12.4. The smallest absolute Gasteiger partial charge is 0.277 e. The first-order valence-corrected chi connectivity index (χ1v) is 11.2. The summed E-state index contributed by atoms with van der Waals surface area (Å²) in [6, 6.07) is 6.96. The average molecular weight is 401 g/mol. The van der Waals surface area contributed by atoms with Crippen LogP contribution in [0.5, 0.6) is 0 Å². The number of thioether (sulfide) groups is 1. The Bertz CT molecular complexity index is 836. The van der Waals surface area contributed by atoms with Crippen LogP contribution in [0.3, 0.4) is 0 Å². The quantitative estimate of drug-likeness (QED) is 0.756. The van der Waals surface area contributed by atoms with Crippen molar-refractivity contribution >= 4 is 50.0 Å². The standard InChI is InChI=1S/C16H17ClN2O4S2/c17-10-4-1-2-5-11(10)19-12-8-25(21,22)9-14(12)24-16(19)18-15(20)13-6-3-7-23-13/h1-2,4-5,12-14H,3,6-9H2/t12-,13-,14+/m0/s1. The molecule has 0 unspecified atom stereocenters. The first-order chi connectivity index (χ1) is 11.9. The molecule has 0 radical (unpaired) electrons. The molecule has 3 fully saturated rings. The predicted octanol–water partition coefficient (Wildman–Crippen LogP) is 2.12. The number of rotatable bonds is 2. The number of aliphatic imine (C=N–C) groups is 1. The summed E-state index contributed by atoms with van der Waals surface area (Å²) in [4.78, 5) is 18.5. The van der Waals surface area contributed by atoms with Crippen LogP contribution in [0, 0.1) is 0 Å². The zero-order chi connectivity index (χ0) is 17.6. The number of ether oxygens (including phenoxy) is 1. The van der Waals surface area contributed by atoms with Crippen LogP contribution < -0.4 is 4.90 Å². The molecule has 134 valence electrons. The van der Waals surface area contributed by atoms with Gasteiger partial charge in [-0.25, -0.2) is 8.42 Å². The van der Waals surface area contributed by atoms with Gasteiger partial charge >= 0.3 is 0 Å². The second-order valence-corrected chi connectivity index (χ2v) is 10.1. The zero-order valence-electron chi connectivity index (χ0n) is 13.3. The molecule has 4 rings (SSSR count). The summed E-state index contributed by atoms with van der Waals surface area (Å²) < 4.78 is 29.5. The van der Waals surface area contributed by atoms with E-state index in [0.717, 1.165) is 6.42 Å². The van der Waals surface area contributed by atoms with E-state index in [9.17, 15) is 13.2 Å². The van der Waals surface area contributed by atoms with Crippen molar-refractivity contribution in [2.24, 2.45) is 4.99 Å². The molecule has 9 heteroatoms. The fourth-order valence-electron chi connectivity index (χ4n) is 3.43. The summed E-state index contributed by atoms with van der Waals surface area (Å²) in [7, 11) is -3.10. The van der Waals surface area contributed by atoms with Gasteiger partial charge in [-0.3, -0.25) is 4.79 Å². The van der Waals surface area contributed by atoms with E-state index in [0.29, 0.717) is 28.9 Å². The molecule has 3 saturated heterocycles. The molecular weight excluding hydrogens is 384 g/mol. The summed E-state index contributed by atoms with van der Waals surface area (Å²) in [5.74, 6) is -0.167. The van der Waals surface area contributed by atoms with E-state index in [1.165, 1.54) is 11.8 Å². The number of fused-ring (bicyclic) bond motifs is 1. The number of hydrogen-bond donors (Lipinski definition) is 0. The van der Waals surface area contributed by atoms with Crippen LogP contribution in [-0.4, -0.2) is 55.0 Å². The Morgan fingerprint density at radius 3 is 2.84 bits per heavy atom. The van der Waals surface area contributed by atoms with Crippen LogP contribution in [0.4, 0.5) is 5.69 Å². The van der Waals surface area contributed by atoms with Gasteiger partial charge in [0.2, 0.25) is 0 Å². The minimum Gasteiger partial charge on any atom is -0.368 e. The van der Waals surface area contributed by atoms with Gasteiger partial charge < -0.3 is 9.64 Å². The largest absolute Gasteiger partial charge is 0.368 e. The number of para-hydroxylation sites is 1. The number of carbonyl (C=O) groups is 1. The monoisotopic (exact) mass is 400 g/mol. The first kappa shape index (κ1) is 17.3. The molecular formula is C16H17ClN2O4S2. The lowest BCUT2D eigenvalue weighted by Crippen LogP contribution is -2.38. The molecule has 0 aliphatic carbocycles. The molecule has 0 bridgehead atoms. The van der Waals surface area contributed by atoms with Gasteiger partial charge in [-0.15, -0.1) is 0 Å². The van der Waals surface area contributed by atoms with Crippen LogP contribution in [0.2, 0.25) is 5.02 Å². The third kappa shape index (κ3) is 3.32. The van der Waals surface area contributed by atoms with Gasteiger partial charge in [0.1, 0.15) is 6.10 Å². The van der Waals surface area contributed by atoms with Gasteiger partial charge in [-0.1, -0.05) is 35.5 Å². The predicted molar refractivity (Wildman–Crippen MR) is 99.2 cm³/mol. The molecule has 0 N–H and O–H groups in total. The molecule has 3 heterocycles. The van der Waals surface area contributed by atoms with Crippen LogP contribution in [0.25, 0.3) is 0 Å². The highest BCUT2D eigenvalue weighted by molar-refractivity contribution is 8.16. The lowest BCUT2D eigenvalue weighted by atomic mass is 10.2. The number of benzene rings is 1. The Balaban J connectivity index is 1.71. The van der Waals surface area contributed by atoms with Crippen LogP contribution in [0.15, 0.2) is 29.3 Å². The number of sulfone groups is 1. The van der Waals surface area contributed by atoms with E-state index in [-0.39, 0.29) is 28.7 Å². The van der Waals surface area contributed by atoms with Crippen LogP contribution in [0.1, 0.15) is 12.8 Å². The van der Waals surface area contributed by atoms with E-state index in [4.69, 9.17) is 16.3 Å². The van der Waals surface area contributed by atoms with Crippen molar-refractivity contribution in [3.63, 3.8) is 0 Å². The minimum absolute atomic E-state index is 0.0447. The van der Waals surface area contributed by atoms with E-state index < -0.39 is 15.9 Å². The second-order valence-electron chi connectivity index (χ2n) is 6.36. The Kier molecular flexibility index (Phi) is 4.56. The molecule has 1 aromatic rings. The number of amidine groups is 1. The van der Waals surface area contributed by atoms with Gasteiger partial charge in [0.05, 0.1) is 28.3 Å². The van der Waals surface area contributed by atoms with Crippen molar-refractivity contribution in [1.29, 1.82) is 0 Å². The number of nitrogens with zero attached hydrogens (tertiary/aromatic N) is 2. The topological polar surface area (TPSA) is 76.0 Å². The van der Waals surface area contributed by atoms with E-state index in [1.54, 1.807) is 6.07 Å². The number of halogens is 1. The van der Waals surface area contributed by atoms with Gasteiger partial charge in [0.25, 0.3) is 5.91 Å². The fraction of sp³-hybridized carbons (Fsp3) is 0.500. The van der Waals surface area contributed by atoms with Gasteiger partial charge in [0.15, 0.2) is 15.0 Å². The number of hydrogen-bond acceptors (Lipinski definition) is 5. The summed E-state index contributed by atoms with van der Waals surface area (Å²) >= 11 is 7.67. The summed E-state index contributed by atoms with van der Waals surface area (Å²) in [5.41, 5.74) is 0.681. The van der Waals surface area contributed by atoms with Crippen molar-refractivity contribution in [2.75, 3.05) is 23.0 Å². The summed E-state index contributed by atoms with van der Waals surface area (Å²) in [6.45, 7) is 0.576. The lowest BCUT2D eigenvalue weighted by Gasteiger charge is -2.25. The maximum absolute atomic E-state index is 12.4. The van der Waals surface area contributed by atoms with Gasteiger partial charge in [-0.2, -0.15) is 4.99 Å². The summed E-state index contributed by atoms with van der Waals surface area (Å²) in [6.07, 6.45) is 1.03. The van der Waals surface area contributed by atoms with Crippen molar-refractivity contribution < 1.29 is 17.9 Å². The highest BCUT2D eigenvalue weighted by Crippen LogP contribution is 2.43. The molecule has 3 atom stereocenters. The number of carbonyl (C=O) groups excluding carboxylic acids is 1. The Labute approximate surface area is 155 Å². The zero-order valence-corrected chi connectivity index (χ0v) is 15.7. The average Bonchev–Trinajstić information content (AvgIpc) is 3.23. The van der Waals surface area contributed by atoms with Crippen molar-refractivity contribution in [1.82, 2.24) is 0 Å². The molecule has 1 amide bonds. The normalized spacial score (nSPS) is 32.3. The molecule has 0 spiro atoms.